The van der Waals surface area contributed by atoms with Gasteiger partial charge in [0.1, 0.15) is 5.82 Å². The molecule has 0 amide bonds. The van der Waals surface area contributed by atoms with Crippen LogP contribution in [0.4, 0.5) is 4.39 Å². The summed E-state index contributed by atoms with van der Waals surface area (Å²) in [6, 6.07) is 4.61. The van der Waals surface area contributed by atoms with Gasteiger partial charge >= 0.3 is 0 Å². The number of rotatable bonds is 1. The van der Waals surface area contributed by atoms with Gasteiger partial charge in [0.2, 0.25) is 0 Å². The second-order valence-corrected chi connectivity index (χ2v) is 4.54. The van der Waals surface area contributed by atoms with Crippen LogP contribution in [-0.4, -0.2) is 5.16 Å². The molecule has 3 heteroatoms. The van der Waals surface area contributed by atoms with E-state index in [1.165, 1.54) is 31.4 Å². The first-order chi connectivity index (χ1) is 7.84. The van der Waals surface area contributed by atoms with Gasteiger partial charge in [-0.2, -0.15) is 0 Å². The van der Waals surface area contributed by atoms with E-state index in [9.17, 15) is 4.39 Å². The third kappa shape index (κ3) is 1.60. The summed E-state index contributed by atoms with van der Waals surface area (Å²) in [6.45, 7) is 0. The van der Waals surface area contributed by atoms with Crippen LogP contribution in [0.3, 0.4) is 0 Å². The monoisotopic (exact) mass is 219 g/mol. The molecule has 1 aliphatic carbocycles. The van der Waals surface area contributed by atoms with Gasteiger partial charge in [-0.3, -0.25) is 0 Å². The van der Waals surface area contributed by atoms with Crippen molar-refractivity contribution in [3.63, 3.8) is 0 Å². The van der Waals surface area contributed by atoms with Crippen LogP contribution in [0.5, 0.6) is 0 Å². The van der Waals surface area contributed by atoms with Crippen LogP contribution in [-0.2, 0) is 0 Å². The highest BCUT2D eigenvalue weighted by Crippen LogP contribution is 2.35. The summed E-state index contributed by atoms with van der Waals surface area (Å²) < 4.78 is 18.4. The molecule has 1 fully saturated rings. The fraction of sp³-hybridized carbons (Fsp3) is 0.462. The van der Waals surface area contributed by atoms with Crippen LogP contribution in [0.2, 0.25) is 0 Å². The molecule has 1 saturated carbocycles. The van der Waals surface area contributed by atoms with E-state index < -0.39 is 0 Å². The predicted molar refractivity (Wildman–Crippen MR) is 59.8 cm³/mol. The average molecular weight is 219 g/mol. The predicted octanol–water partition coefficient (Wildman–Crippen LogP) is 4.01. The molecule has 2 nitrogen and oxygen atoms in total. The van der Waals surface area contributed by atoms with E-state index in [4.69, 9.17) is 4.52 Å². The first kappa shape index (κ1) is 9.82. The fourth-order valence-electron chi connectivity index (χ4n) is 2.60. The van der Waals surface area contributed by atoms with Gasteiger partial charge in [-0.1, -0.05) is 24.4 Å². The maximum Gasteiger partial charge on any atom is 0.167 e. The first-order valence-electron chi connectivity index (χ1n) is 5.89. The van der Waals surface area contributed by atoms with Gasteiger partial charge in [0, 0.05) is 11.3 Å². The van der Waals surface area contributed by atoms with Crippen LogP contribution in [0.1, 0.15) is 43.7 Å². The molecule has 16 heavy (non-hydrogen) atoms. The van der Waals surface area contributed by atoms with Gasteiger partial charge in [-0.05, 0) is 31.0 Å². The minimum Gasteiger partial charge on any atom is -0.356 e. The summed E-state index contributed by atoms with van der Waals surface area (Å²) in [7, 11) is 0. The Morgan fingerprint density at radius 2 is 2.00 bits per heavy atom. The minimum atomic E-state index is -0.215. The summed E-state index contributed by atoms with van der Waals surface area (Å²) in [6.07, 6.45) is 6.10. The lowest BCUT2D eigenvalue weighted by Gasteiger charge is -2.19. The van der Waals surface area contributed by atoms with Crippen molar-refractivity contribution >= 4 is 11.0 Å². The van der Waals surface area contributed by atoms with E-state index in [1.807, 2.05) is 0 Å². The van der Waals surface area contributed by atoms with Crippen molar-refractivity contribution in [2.24, 2.45) is 0 Å². The number of hydrogen-bond acceptors (Lipinski definition) is 2. The molecule has 0 atom stereocenters. The van der Waals surface area contributed by atoms with Crippen LogP contribution in [0.15, 0.2) is 22.7 Å². The lowest BCUT2D eigenvalue weighted by atomic mass is 9.86. The molecule has 0 radical (unpaired) electrons. The van der Waals surface area contributed by atoms with E-state index >= 15 is 0 Å². The maximum atomic E-state index is 13.2. The SMILES string of the molecule is Fc1ccc2onc(C3CCCCC3)c2c1. The molecule has 0 N–H and O–H groups in total. The summed E-state index contributed by atoms with van der Waals surface area (Å²) in [5.41, 5.74) is 1.65. The molecule has 0 bridgehead atoms. The number of hydrogen-bond donors (Lipinski definition) is 0. The summed E-state index contributed by atoms with van der Waals surface area (Å²) in [5, 5.41) is 4.97. The lowest BCUT2D eigenvalue weighted by molar-refractivity contribution is 0.396. The minimum absolute atomic E-state index is 0.215. The lowest BCUT2D eigenvalue weighted by Crippen LogP contribution is -2.05. The first-order valence-corrected chi connectivity index (χ1v) is 5.89. The molecule has 1 aliphatic rings. The van der Waals surface area contributed by atoms with E-state index in [0.717, 1.165) is 23.9 Å². The normalized spacial score (nSPS) is 18.1. The largest absolute Gasteiger partial charge is 0.356 e. The van der Waals surface area contributed by atoms with E-state index in [-0.39, 0.29) is 5.82 Å². The number of nitrogens with zero attached hydrogens (tertiary/aromatic N) is 1. The summed E-state index contributed by atoms with van der Waals surface area (Å²) in [4.78, 5) is 0. The molecule has 84 valence electrons. The standard InChI is InChI=1S/C13H14FNO/c14-10-6-7-12-11(8-10)13(15-16-12)9-4-2-1-3-5-9/h6-9H,1-5H2. The Labute approximate surface area is 93.4 Å². The average Bonchev–Trinajstić information content (AvgIpc) is 2.73. The van der Waals surface area contributed by atoms with E-state index in [2.05, 4.69) is 5.16 Å². The highest BCUT2D eigenvalue weighted by molar-refractivity contribution is 5.79. The zero-order valence-corrected chi connectivity index (χ0v) is 9.08. The fourth-order valence-corrected chi connectivity index (χ4v) is 2.60. The zero-order chi connectivity index (χ0) is 11.0. The second kappa shape index (κ2) is 3.89. The zero-order valence-electron chi connectivity index (χ0n) is 9.08. The third-order valence-electron chi connectivity index (χ3n) is 3.45. The number of fused-ring (bicyclic) bond motifs is 1. The van der Waals surface area contributed by atoms with Crippen LogP contribution in [0, 0.1) is 5.82 Å². The Balaban J connectivity index is 2.05. The second-order valence-electron chi connectivity index (χ2n) is 4.54. The molecule has 1 aromatic heterocycles. The number of benzene rings is 1. The molecule has 1 aromatic carbocycles. The van der Waals surface area contributed by atoms with Gasteiger partial charge in [0.05, 0.1) is 5.69 Å². The molecule has 0 aliphatic heterocycles. The van der Waals surface area contributed by atoms with Gasteiger partial charge in [0.25, 0.3) is 0 Å². The van der Waals surface area contributed by atoms with Crippen molar-refractivity contribution < 1.29 is 8.91 Å². The maximum absolute atomic E-state index is 13.2. The summed E-state index contributed by atoms with van der Waals surface area (Å²) >= 11 is 0. The molecule has 3 rings (SSSR count). The van der Waals surface area contributed by atoms with Gasteiger partial charge in [-0.15, -0.1) is 0 Å². The Hall–Kier alpha value is -1.38. The van der Waals surface area contributed by atoms with Gasteiger partial charge in [-0.25, -0.2) is 4.39 Å². The quantitative estimate of drug-likeness (QED) is 0.724. The van der Waals surface area contributed by atoms with Crippen LogP contribution >= 0.6 is 0 Å². The van der Waals surface area contributed by atoms with Gasteiger partial charge in [0.15, 0.2) is 5.58 Å². The smallest absolute Gasteiger partial charge is 0.167 e. The van der Waals surface area contributed by atoms with Crippen molar-refractivity contribution in [3.05, 3.63) is 29.7 Å². The molecular formula is C13H14FNO. The Morgan fingerprint density at radius 3 is 2.81 bits per heavy atom. The molecule has 0 spiro atoms. The van der Waals surface area contributed by atoms with Crippen molar-refractivity contribution in [2.45, 2.75) is 38.0 Å². The molecule has 0 unspecified atom stereocenters. The topological polar surface area (TPSA) is 26.0 Å². The molecule has 1 heterocycles. The van der Waals surface area contributed by atoms with E-state index in [0.29, 0.717) is 11.5 Å². The Bertz CT molecular complexity index is 500. The molecule has 0 saturated heterocycles. The highest BCUT2D eigenvalue weighted by Gasteiger charge is 2.21. The Morgan fingerprint density at radius 1 is 1.19 bits per heavy atom. The van der Waals surface area contributed by atoms with Gasteiger partial charge < -0.3 is 4.52 Å². The van der Waals surface area contributed by atoms with Crippen molar-refractivity contribution in [3.8, 4) is 0 Å². The van der Waals surface area contributed by atoms with Crippen molar-refractivity contribution in [2.75, 3.05) is 0 Å². The van der Waals surface area contributed by atoms with Crippen molar-refractivity contribution in [1.29, 1.82) is 0 Å². The highest BCUT2D eigenvalue weighted by atomic mass is 19.1. The number of aromatic nitrogens is 1. The summed E-state index contributed by atoms with van der Waals surface area (Å²) in [5.74, 6) is 0.240. The Kier molecular flexibility index (Phi) is 2.39. The van der Waals surface area contributed by atoms with Crippen molar-refractivity contribution in [1.82, 2.24) is 5.16 Å². The third-order valence-corrected chi connectivity index (χ3v) is 3.45. The molecular weight excluding hydrogens is 205 g/mol. The van der Waals surface area contributed by atoms with E-state index in [1.54, 1.807) is 6.07 Å². The van der Waals surface area contributed by atoms with Crippen LogP contribution < -0.4 is 0 Å². The van der Waals surface area contributed by atoms with Crippen LogP contribution in [0.25, 0.3) is 11.0 Å². The number of halogens is 1. The molecule has 2 aromatic rings.